The Balaban J connectivity index is 2.52. The fraction of sp³-hybridized carbons (Fsp3) is 0.0714. The third kappa shape index (κ3) is 3.36. The molecule has 0 bridgehead atoms. The highest BCUT2D eigenvalue weighted by atomic mass is 35.5. The van der Waals surface area contributed by atoms with Crippen molar-refractivity contribution >= 4 is 29.0 Å². The number of benzene rings is 2. The van der Waals surface area contributed by atoms with Crippen LogP contribution < -0.4 is 0 Å². The van der Waals surface area contributed by atoms with Crippen LogP contribution in [-0.4, -0.2) is 5.78 Å². The van der Waals surface area contributed by atoms with Gasteiger partial charge in [-0.25, -0.2) is 4.39 Å². The lowest BCUT2D eigenvalue weighted by Gasteiger charge is -2.10. The largest absolute Gasteiger partial charge is 0.419 e. The Hall–Kier alpha value is -1.59. The number of halogens is 6. The number of ketones is 1. The summed E-state index contributed by atoms with van der Waals surface area (Å²) in [5.74, 6) is -2.22. The molecule has 110 valence electrons. The molecular weight excluding hydrogens is 331 g/mol. The average Bonchev–Trinajstić information content (AvgIpc) is 2.40. The molecule has 0 aromatic heterocycles. The summed E-state index contributed by atoms with van der Waals surface area (Å²) in [5, 5.41) is 0.253. The Morgan fingerprint density at radius 2 is 1.67 bits per heavy atom. The number of alkyl halides is 3. The van der Waals surface area contributed by atoms with Crippen molar-refractivity contribution in [2.24, 2.45) is 0 Å². The zero-order valence-corrected chi connectivity index (χ0v) is 11.7. The Labute approximate surface area is 127 Å². The molecule has 0 amide bonds. The summed E-state index contributed by atoms with van der Waals surface area (Å²) in [6.07, 6.45) is -4.89. The highest BCUT2D eigenvalue weighted by Crippen LogP contribution is 2.33. The molecule has 0 atom stereocenters. The first-order chi connectivity index (χ1) is 9.70. The van der Waals surface area contributed by atoms with Crippen LogP contribution in [0, 0.1) is 5.82 Å². The molecule has 0 N–H and O–H groups in total. The lowest BCUT2D eigenvalue weighted by Crippen LogP contribution is -2.11. The summed E-state index contributed by atoms with van der Waals surface area (Å²) >= 11 is 11.6. The zero-order chi connectivity index (χ0) is 15.8. The molecule has 7 heteroatoms. The molecule has 0 saturated heterocycles. The van der Waals surface area contributed by atoms with E-state index < -0.39 is 23.3 Å². The third-order valence-corrected chi connectivity index (χ3v) is 3.27. The molecule has 1 nitrogen and oxygen atoms in total. The molecule has 2 aromatic rings. The molecule has 0 aliphatic carbocycles. The van der Waals surface area contributed by atoms with Gasteiger partial charge in [-0.05, 0) is 36.4 Å². The lowest BCUT2D eigenvalue weighted by atomic mass is 10.0. The van der Waals surface area contributed by atoms with Crippen LogP contribution in [0.2, 0.25) is 10.0 Å². The van der Waals surface area contributed by atoms with Crippen LogP contribution >= 0.6 is 23.2 Å². The second-order valence-corrected chi connectivity index (χ2v) is 4.99. The van der Waals surface area contributed by atoms with Gasteiger partial charge in [0.05, 0.1) is 10.6 Å². The van der Waals surface area contributed by atoms with Crippen molar-refractivity contribution in [2.75, 3.05) is 0 Å². The molecule has 0 aliphatic rings. The first kappa shape index (κ1) is 15.8. The number of carbonyl (C=O) groups is 1. The minimum Gasteiger partial charge on any atom is -0.289 e. The molecule has 0 saturated carbocycles. The number of hydrogen-bond donors (Lipinski definition) is 0. The van der Waals surface area contributed by atoms with E-state index in [1.807, 2.05) is 0 Å². The van der Waals surface area contributed by atoms with E-state index in [9.17, 15) is 22.4 Å². The predicted molar refractivity (Wildman–Crippen MR) is 71.3 cm³/mol. The van der Waals surface area contributed by atoms with E-state index in [4.69, 9.17) is 23.2 Å². The van der Waals surface area contributed by atoms with Crippen LogP contribution in [0.25, 0.3) is 0 Å². The average molecular weight is 337 g/mol. The summed E-state index contributed by atoms with van der Waals surface area (Å²) in [6, 6.07) is 6.04. The van der Waals surface area contributed by atoms with Gasteiger partial charge in [0.2, 0.25) is 0 Å². The summed E-state index contributed by atoms with van der Waals surface area (Å²) in [4.78, 5) is 12.2. The maximum absolute atomic E-state index is 13.2. The molecule has 2 rings (SSSR count). The van der Waals surface area contributed by atoms with Crippen LogP contribution in [-0.2, 0) is 6.18 Å². The minimum absolute atomic E-state index is 0.0438. The first-order valence-electron chi connectivity index (χ1n) is 5.56. The van der Waals surface area contributed by atoms with Gasteiger partial charge < -0.3 is 0 Å². The molecule has 0 fully saturated rings. The maximum atomic E-state index is 13.2. The van der Waals surface area contributed by atoms with E-state index >= 15 is 0 Å². The standard InChI is InChI=1S/C14H6Cl2F4O/c15-8-2-3-11(16)9(6-8)13(21)7-1-4-12(17)10(5-7)14(18,19)20/h1-6H. The maximum Gasteiger partial charge on any atom is 0.419 e. The van der Waals surface area contributed by atoms with E-state index in [-0.39, 0.29) is 21.2 Å². The van der Waals surface area contributed by atoms with Crippen molar-refractivity contribution in [3.05, 3.63) is 69.0 Å². The predicted octanol–water partition coefficient (Wildman–Crippen LogP) is 5.38. The fourth-order valence-corrected chi connectivity index (χ4v) is 2.09. The highest BCUT2D eigenvalue weighted by molar-refractivity contribution is 6.36. The Bertz CT molecular complexity index is 711. The van der Waals surface area contributed by atoms with Crippen molar-refractivity contribution in [3.63, 3.8) is 0 Å². The lowest BCUT2D eigenvalue weighted by molar-refractivity contribution is -0.140. The molecule has 0 spiro atoms. The SMILES string of the molecule is O=C(c1ccc(F)c(C(F)(F)F)c1)c1cc(Cl)ccc1Cl. The third-order valence-electron chi connectivity index (χ3n) is 2.71. The smallest absolute Gasteiger partial charge is 0.289 e. The van der Waals surface area contributed by atoms with Gasteiger partial charge in [0.25, 0.3) is 0 Å². The summed E-state index contributed by atoms with van der Waals surface area (Å²) in [7, 11) is 0. The van der Waals surface area contributed by atoms with Crippen molar-refractivity contribution in [1.29, 1.82) is 0 Å². The zero-order valence-electron chi connectivity index (χ0n) is 10.1. The Morgan fingerprint density at radius 1 is 1.00 bits per heavy atom. The number of rotatable bonds is 2. The van der Waals surface area contributed by atoms with Gasteiger partial charge in [-0.15, -0.1) is 0 Å². The highest BCUT2D eigenvalue weighted by Gasteiger charge is 2.34. The van der Waals surface area contributed by atoms with Gasteiger partial charge in [0.1, 0.15) is 5.82 Å². The fourth-order valence-electron chi connectivity index (χ4n) is 1.71. The normalized spacial score (nSPS) is 11.5. The van der Waals surface area contributed by atoms with Crippen molar-refractivity contribution in [3.8, 4) is 0 Å². The summed E-state index contributed by atoms with van der Waals surface area (Å²) < 4.78 is 51.1. The van der Waals surface area contributed by atoms with Crippen molar-refractivity contribution < 1.29 is 22.4 Å². The van der Waals surface area contributed by atoms with Gasteiger partial charge in [-0.3, -0.25) is 4.79 Å². The van der Waals surface area contributed by atoms with Crippen LogP contribution in [0.15, 0.2) is 36.4 Å². The Kier molecular flexibility index (Phi) is 4.25. The second-order valence-electron chi connectivity index (χ2n) is 4.15. The molecule has 0 heterocycles. The van der Waals surface area contributed by atoms with Gasteiger partial charge in [0.15, 0.2) is 5.78 Å². The van der Waals surface area contributed by atoms with Crippen molar-refractivity contribution in [1.82, 2.24) is 0 Å². The van der Waals surface area contributed by atoms with E-state index in [0.717, 1.165) is 6.07 Å². The Morgan fingerprint density at radius 3 is 2.29 bits per heavy atom. The van der Waals surface area contributed by atoms with Gasteiger partial charge in [0, 0.05) is 16.1 Å². The molecule has 21 heavy (non-hydrogen) atoms. The van der Waals surface area contributed by atoms with E-state index in [2.05, 4.69) is 0 Å². The van der Waals surface area contributed by atoms with Crippen LogP contribution in [0.1, 0.15) is 21.5 Å². The summed E-state index contributed by atoms with van der Waals surface area (Å²) in [5.41, 5.74) is -1.89. The molecule has 0 aliphatic heterocycles. The van der Waals surface area contributed by atoms with Crippen LogP contribution in [0.4, 0.5) is 17.6 Å². The van der Waals surface area contributed by atoms with Crippen molar-refractivity contribution in [2.45, 2.75) is 6.18 Å². The van der Waals surface area contributed by atoms with Crippen LogP contribution in [0.5, 0.6) is 0 Å². The van der Waals surface area contributed by atoms with Crippen LogP contribution in [0.3, 0.4) is 0 Å². The quantitative estimate of drug-likeness (QED) is 0.531. The molecule has 0 radical (unpaired) electrons. The molecule has 2 aromatic carbocycles. The van der Waals surface area contributed by atoms with E-state index in [1.165, 1.54) is 18.2 Å². The van der Waals surface area contributed by atoms with Gasteiger partial charge in [-0.2, -0.15) is 13.2 Å². The second kappa shape index (κ2) is 5.66. The minimum atomic E-state index is -4.89. The van der Waals surface area contributed by atoms with Gasteiger partial charge >= 0.3 is 6.18 Å². The monoisotopic (exact) mass is 336 g/mol. The van der Waals surface area contributed by atoms with E-state index in [0.29, 0.717) is 12.1 Å². The number of carbonyl (C=O) groups excluding carboxylic acids is 1. The summed E-state index contributed by atoms with van der Waals surface area (Å²) in [6.45, 7) is 0. The number of hydrogen-bond acceptors (Lipinski definition) is 1. The molecule has 0 unspecified atom stereocenters. The van der Waals surface area contributed by atoms with E-state index in [1.54, 1.807) is 0 Å². The first-order valence-corrected chi connectivity index (χ1v) is 6.32. The van der Waals surface area contributed by atoms with Gasteiger partial charge in [-0.1, -0.05) is 23.2 Å². The topological polar surface area (TPSA) is 17.1 Å². The molecular formula is C14H6Cl2F4O.